The molecule has 0 radical (unpaired) electrons. The van der Waals surface area contributed by atoms with E-state index in [1.807, 2.05) is 6.07 Å². The van der Waals surface area contributed by atoms with Crippen molar-refractivity contribution in [3.05, 3.63) is 11.5 Å². The van der Waals surface area contributed by atoms with Crippen molar-refractivity contribution in [3.63, 3.8) is 0 Å². The van der Waals surface area contributed by atoms with E-state index in [0.717, 1.165) is 0 Å². The second kappa shape index (κ2) is 4.13. The first kappa shape index (κ1) is 12.1. The molecule has 2 rings (SSSR count). The number of sulfonamides is 1. The van der Waals surface area contributed by atoms with Crippen LogP contribution in [0.4, 0.5) is 0 Å². The first-order valence-electron chi connectivity index (χ1n) is 5.33. The smallest absolute Gasteiger partial charge is 0.249 e. The van der Waals surface area contributed by atoms with E-state index >= 15 is 0 Å². The largest absolute Gasteiger partial charge is 0.360 e. The molecule has 1 saturated heterocycles. The average molecular weight is 255 g/mol. The number of rotatable bonds is 2. The molecule has 6 nitrogen and oxygen atoms in total. The van der Waals surface area contributed by atoms with Crippen LogP contribution >= 0.6 is 0 Å². The fourth-order valence-electron chi connectivity index (χ4n) is 2.12. The minimum atomic E-state index is -3.66. The lowest BCUT2D eigenvalue weighted by atomic mass is 10.2. The summed E-state index contributed by atoms with van der Waals surface area (Å²) in [6.07, 6.45) is 1.29. The van der Waals surface area contributed by atoms with Gasteiger partial charge in [0.25, 0.3) is 0 Å². The zero-order valence-corrected chi connectivity index (χ0v) is 10.5. The maximum atomic E-state index is 12.4. The van der Waals surface area contributed by atoms with Gasteiger partial charge in [-0.2, -0.15) is 9.57 Å². The van der Waals surface area contributed by atoms with Crippen LogP contribution < -0.4 is 0 Å². The van der Waals surface area contributed by atoms with Crippen molar-refractivity contribution < 1.29 is 12.9 Å². The van der Waals surface area contributed by atoms with Crippen LogP contribution in [0.25, 0.3) is 0 Å². The van der Waals surface area contributed by atoms with Gasteiger partial charge in [-0.05, 0) is 26.7 Å². The van der Waals surface area contributed by atoms with Crippen LogP contribution in [0, 0.1) is 25.2 Å². The molecule has 1 aromatic heterocycles. The minimum Gasteiger partial charge on any atom is -0.360 e. The fourth-order valence-corrected chi connectivity index (χ4v) is 4.02. The van der Waals surface area contributed by atoms with E-state index in [4.69, 9.17) is 9.78 Å². The Hall–Kier alpha value is -1.39. The molecule has 0 N–H and O–H groups in total. The number of hydrogen-bond acceptors (Lipinski definition) is 5. The van der Waals surface area contributed by atoms with Crippen LogP contribution in [0.15, 0.2) is 9.42 Å². The highest BCUT2D eigenvalue weighted by molar-refractivity contribution is 7.89. The quantitative estimate of drug-likeness (QED) is 0.785. The van der Waals surface area contributed by atoms with E-state index in [2.05, 4.69) is 5.16 Å². The Labute approximate surface area is 99.9 Å². The Balaban J connectivity index is 2.48. The molecule has 7 heteroatoms. The van der Waals surface area contributed by atoms with Crippen LogP contribution in [0.1, 0.15) is 24.3 Å². The molecule has 17 heavy (non-hydrogen) atoms. The predicted molar refractivity (Wildman–Crippen MR) is 58.5 cm³/mol. The van der Waals surface area contributed by atoms with Gasteiger partial charge in [0.05, 0.1) is 6.07 Å². The minimum absolute atomic E-state index is 0.0969. The van der Waals surface area contributed by atoms with Gasteiger partial charge in [-0.3, -0.25) is 0 Å². The monoisotopic (exact) mass is 255 g/mol. The van der Waals surface area contributed by atoms with E-state index in [0.29, 0.717) is 25.1 Å². The summed E-state index contributed by atoms with van der Waals surface area (Å²) in [5.74, 6) is 0.270. The van der Waals surface area contributed by atoms with Gasteiger partial charge in [-0.1, -0.05) is 5.16 Å². The summed E-state index contributed by atoms with van der Waals surface area (Å²) < 4.78 is 30.9. The molecule has 0 amide bonds. The van der Waals surface area contributed by atoms with Gasteiger partial charge in [0.1, 0.15) is 16.6 Å². The molecule has 92 valence electrons. The first-order valence-corrected chi connectivity index (χ1v) is 6.77. The molecule has 1 aliphatic rings. The van der Waals surface area contributed by atoms with Gasteiger partial charge < -0.3 is 4.52 Å². The lowest BCUT2D eigenvalue weighted by Gasteiger charge is -2.18. The van der Waals surface area contributed by atoms with Crippen molar-refractivity contribution in [1.29, 1.82) is 5.26 Å². The van der Waals surface area contributed by atoms with E-state index in [1.165, 1.54) is 4.31 Å². The molecule has 1 atom stereocenters. The number of nitrogens with zero attached hydrogens (tertiary/aromatic N) is 3. The predicted octanol–water partition coefficient (Wildman–Crippen LogP) is 0.968. The number of aromatic nitrogens is 1. The average Bonchev–Trinajstić information content (AvgIpc) is 2.85. The molecule has 0 spiro atoms. The molecule has 0 saturated carbocycles. The van der Waals surface area contributed by atoms with E-state index < -0.39 is 16.1 Å². The van der Waals surface area contributed by atoms with Crippen molar-refractivity contribution in [2.45, 2.75) is 37.6 Å². The van der Waals surface area contributed by atoms with Crippen LogP contribution in [0.2, 0.25) is 0 Å². The molecule has 1 unspecified atom stereocenters. The number of aryl methyl sites for hydroxylation is 2. The van der Waals surface area contributed by atoms with Crippen LogP contribution in [-0.4, -0.2) is 30.5 Å². The van der Waals surface area contributed by atoms with Crippen molar-refractivity contribution in [2.75, 3.05) is 6.54 Å². The molecule has 1 aromatic rings. The maximum absolute atomic E-state index is 12.4. The SMILES string of the molecule is Cc1noc(C)c1S(=O)(=O)N1CCCC1C#N. The standard InChI is InChI=1S/C10H13N3O3S/c1-7-10(8(2)16-12-7)17(14,15)13-5-3-4-9(13)6-11/h9H,3-5H2,1-2H3. The van der Waals surface area contributed by atoms with Crippen molar-refractivity contribution in [1.82, 2.24) is 9.46 Å². The van der Waals surface area contributed by atoms with Gasteiger partial charge in [0.2, 0.25) is 10.0 Å². The highest BCUT2D eigenvalue weighted by atomic mass is 32.2. The Morgan fingerprint density at radius 1 is 1.53 bits per heavy atom. The second-order valence-electron chi connectivity index (χ2n) is 4.06. The fraction of sp³-hybridized carbons (Fsp3) is 0.600. The van der Waals surface area contributed by atoms with E-state index in [-0.39, 0.29) is 10.7 Å². The summed E-state index contributed by atoms with van der Waals surface area (Å²) in [4.78, 5) is 0.0969. The molecular formula is C10H13N3O3S. The van der Waals surface area contributed by atoms with Gasteiger partial charge in [0, 0.05) is 6.54 Å². The lowest BCUT2D eigenvalue weighted by molar-refractivity contribution is 0.389. The van der Waals surface area contributed by atoms with Crippen molar-refractivity contribution >= 4 is 10.0 Å². The Morgan fingerprint density at radius 2 is 2.24 bits per heavy atom. The summed E-state index contributed by atoms with van der Waals surface area (Å²) in [5.41, 5.74) is 0.339. The topological polar surface area (TPSA) is 87.2 Å². The third-order valence-corrected chi connectivity index (χ3v) is 5.04. The van der Waals surface area contributed by atoms with E-state index in [1.54, 1.807) is 13.8 Å². The van der Waals surface area contributed by atoms with Crippen LogP contribution in [0.5, 0.6) is 0 Å². The van der Waals surface area contributed by atoms with Crippen molar-refractivity contribution in [2.24, 2.45) is 0 Å². The molecule has 1 fully saturated rings. The Morgan fingerprint density at radius 3 is 2.76 bits per heavy atom. The van der Waals surface area contributed by atoms with Crippen LogP contribution in [-0.2, 0) is 10.0 Å². The summed E-state index contributed by atoms with van der Waals surface area (Å²) >= 11 is 0. The Kier molecular flexibility index (Phi) is 2.93. The van der Waals surface area contributed by atoms with E-state index in [9.17, 15) is 8.42 Å². The third kappa shape index (κ3) is 1.83. The summed E-state index contributed by atoms with van der Waals surface area (Å²) in [6, 6.07) is 1.44. The number of nitriles is 1. The summed E-state index contributed by atoms with van der Waals surface area (Å²) in [6.45, 7) is 3.52. The van der Waals surface area contributed by atoms with Gasteiger partial charge in [0.15, 0.2) is 5.76 Å². The molecule has 0 aliphatic carbocycles. The summed E-state index contributed by atoms with van der Waals surface area (Å²) in [5, 5.41) is 12.6. The first-order chi connectivity index (χ1) is 7.98. The third-order valence-electron chi connectivity index (χ3n) is 2.89. The Bertz CT molecular complexity index is 551. The second-order valence-corrected chi connectivity index (χ2v) is 5.88. The molecule has 1 aliphatic heterocycles. The number of hydrogen-bond donors (Lipinski definition) is 0. The lowest BCUT2D eigenvalue weighted by Crippen LogP contribution is -2.35. The molecular weight excluding hydrogens is 242 g/mol. The highest BCUT2D eigenvalue weighted by Gasteiger charge is 2.38. The zero-order valence-electron chi connectivity index (χ0n) is 9.67. The van der Waals surface area contributed by atoms with Gasteiger partial charge >= 0.3 is 0 Å². The van der Waals surface area contributed by atoms with Crippen molar-refractivity contribution in [3.8, 4) is 6.07 Å². The highest BCUT2D eigenvalue weighted by Crippen LogP contribution is 2.29. The molecule has 0 bridgehead atoms. The summed E-state index contributed by atoms with van der Waals surface area (Å²) in [7, 11) is -3.66. The molecule has 2 heterocycles. The maximum Gasteiger partial charge on any atom is 0.249 e. The van der Waals surface area contributed by atoms with Crippen LogP contribution in [0.3, 0.4) is 0 Å². The van der Waals surface area contributed by atoms with Gasteiger partial charge in [-0.15, -0.1) is 0 Å². The molecule has 0 aromatic carbocycles. The van der Waals surface area contributed by atoms with Gasteiger partial charge in [-0.25, -0.2) is 8.42 Å². The zero-order chi connectivity index (χ0) is 12.6. The normalized spacial score (nSPS) is 21.6.